The number of benzene rings is 2. The molecule has 2 N–H and O–H groups in total. The number of aromatic nitrogens is 3. The van der Waals surface area contributed by atoms with Crippen molar-refractivity contribution in [3.63, 3.8) is 0 Å². The van der Waals surface area contributed by atoms with Crippen LogP contribution < -0.4 is 5.32 Å². The molecule has 0 atom stereocenters. The number of hydrogen-bond donors (Lipinski definition) is 2. The van der Waals surface area contributed by atoms with Gasteiger partial charge in [-0.15, -0.1) is 5.10 Å². The molecule has 144 valence electrons. The summed E-state index contributed by atoms with van der Waals surface area (Å²) in [5.74, 6) is 2.44. The van der Waals surface area contributed by atoms with Crippen molar-refractivity contribution in [2.75, 3.05) is 5.32 Å². The van der Waals surface area contributed by atoms with Gasteiger partial charge in [0.05, 0.1) is 0 Å². The molecule has 1 heterocycles. The first-order chi connectivity index (χ1) is 13.8. The Balaban J connectivity index is 1.28. The number of hydrogen-bond acceptors (Lipinski definition) is 4. The van der Waals surface area contributed by atoms with Crippen LogP contribution in [0.25, 0.3) is 0 Å². The van der Waals surface area contributed by atoms with Crippen molar-refractivity contribution in [3.8, 4) is 0 Å². The van der Waals surface area contributed by atoms with Gasteiger partial charge in [0.2, 0.25) is 5.16 Å². The van der Waals surface area contributed by atoms with Crippen LogP contribution in [0, 0.1) is 5.92 Å². The van der Waals surface area contributed by atoms with Crippen molar-refractivity contribution in [3.05, 3.63) is 71.5 Å². The molecule has 1 saturated carbocycles. The Bertz CT molecular complexity index is 902. The number of aromatic amines is 1. The highest BCUT2D eigenvalue weighted by molar-refractivity contribution is 7.98. The van der Waals surface area contributed by atoms with E-state index in [1.165, 1.54) is 25.7 Å². The van der Waals surface area contributed by atoms with Crippen molar-refractivity contribution in [2.45, 2.75) is 43.0 Å². The van der Waals surface area contributed by atoms with E-state index in [-0.39, 0.29) is 5.91 Å². The average Bonchev–Trinajstić information content (AvgIpc) is 3.40. The van der Waals surface area contributed by atoms with Crippen LogP contribution in [0.5, 0.6) is 0 Å². The predicted octanol–water partition coefficient (Wildman–Crippen LogP) is 5.08. The third-order valence-corrected chi connectivity index (χ3v) is 6.00. The molecule has 0 bridgehead atoms. The van der Waals surface area contributed by atoms with Crippen molar-refractivity contribution < 1.29 is 4.79 Å². The molecular formula is C22H24N4OS. The zero-order valence-electron chi connectivity index (χ0n) is 15.7. The third-order valence-electron chi connectivity index (χ3n) is 5.08. The maximum absolute atomic E-state index is 12.3. The Morgan fingerprint density at radius 3 is 2.57 bits per heavy atom. The Morgan fingerprint density at radius 2 is 1.82 bits per heavy atom. The van der Waals surface area contributed by atoms with Gasteiger partial charge < -0.3 is 5.32 Å². The highest BCUT2D eigenvalue weighted by atomic mass is 32.2. The second-order valence-corrected chi connectivity index (χ2v) is 8.17. The van der Waals surface area contributed by atoms with E-state index >= 15 is 0 Å². The van der Waals surface area contributed by atoms with E-state index in [0.717, 1.165) is 40.3 Å². The molecule has 1 aliphatic carbocycles. The number of nitrogens with one attached hydrogen (secondary N) is 2. The molecule has 0 radical (unpaired) electrons. The largest absolute Gasteiger partial charge is 0.322 e. The lowest BCUT2D eigenvalue weighted by Crippen LogP contribution is -2.11. The smallest absolute Gasteiger partial charge is 0.255 e. The first kappa shape index (κ1) is 18.7. The van der Waals surface area contributed by atoms with Gasteiger partial charge in [-0.25, -0.2) is 4.98 Å². The van der Waals surface area contributed by atoms with Gasteiger partial charge in [-0.05, 0) is 35.7 Å². The molecule has 1 aromatic heterocycles. The molecule has 0 aliphatic heterocycles. The quantitative estimate of drug-likeness (QED) is 0.550. The highest BCUT2D eigenvalue weighted by Crippen LogP contribution is 2.27. The SMILES string of the molecule is O=C(Nc1ccccc1)c1ccc(CSc2n[nH]c(CC3CCCC3)n2)cc1. The van der Waals surface area contributed by atoms with E-state index < -0.39 is 0 Å². The zero-order chi connectivity index (χ0) is 19.2. The Labute approximate surface area is 169 Å². The summed E-state index contributed by atoms with van der Waals surface area (Å²) in [7, 11) is 0. The van der Waals surface area contributed by atoms with Crippen molar-refractivity contribution in [1.29, 1.82) is 0 Å². The molecule has 0 unspecified atom stereocenters. The monoisotopic (exact) mass is 392 g/mol. The van der Waals surface area contributed by atoms with E-state index in [1.54, 1.807) is 11.8 Å². The lowest BCUT2D eigenvalue weighted by molar-refractivity contribution is 0.102. The number of anilines is 1. The van der Waals surface area contributed by atoms with Gasteiger partial charge in [0, 0.05) is 23.4 Å². The minimum atomic E-state index is -0.101. The number of amides is 1. The van der Waals surface area contributed by atoms with Crippen molar-refractivity contribution in [2.24, 2.45) is 5.92 Å². The number of nitrogens with zero attached hydrogens (tertiary/aromatic N) is 2. The fourth-order valence-electron chi connectivity index (χ4n) is 3.55. The van der Waals surface area contributed by atoms with E-state index in [1.807, 2.05) is 54.6 Å². The minimum Gasteiger partial charge on any atom is -0.322 e. The normalized spacial score (nSPS) is 14.3. The number of carbonyl (C=O) groups is 1. The van der Waals surface area contributed by atoms with Gasteiger partial charge in [-0.2, -0.15) is 0 Å². The summed E-state index contributed by atoms with van der Waals surface area (Å²) in [6.45, 7) is 0. The van der Waals surface area contributed by atoms with Crippen LogP contribution in [0.3, 0.4) is 0 Å². The summed E-state index contributed by atoms with van der Waals surface area (Å²) in [4.78, 5) is 16.9. The van der Waals surface area contributed by atoms with E-state index in [4.69, 9.17) is 0 Å². The second kappa shape index (κ2) is 9.06. The highest BCUT2D eigenvalue weighted by Gasteiger charge is 2.17. The van der Waals surface area contributed by atoms with E-state index in [2.05, 4.69) is 20.5 Å². The predicted molar refractivity (Wildman–Crippen MR) is 112 cm³/mol. The molecule has 2 aromatic carbocycles. The molecular weight excluding hydrogens is 368 g/mol. The summed E-state index contributed by atoms with van der Waals surface area (Å²) in [6, 6.07) is 17.2. The lowest BCUT2D eigenvalue weighted by atomic mass is 10.0. The van der Waals surface area contributed by atoms with Crippen LogP contribution in [0.2, 0.25) is 0 Å². The molecule has 1 amide bonds. The molecule has 1 aliphatic rings. The van der Waals surface area contributed by atoms with Crippen LogP contribution in [0.4, 0.5) is 5.69 Å². The van der Waals surface area contributed by atoms with Gasteiger partial charge >= 0.3 is 0 Å². The van der Waals surface area contributed by atoms with Crippen molar-refractivity contribution in [1.82, 2.24) is 15.2 Å². The number of para-hydroxylation sites is 1. The molecule has 4 rings (SSSR count). The summed E-state index contributed by atoms with van der Waals surface area (Å²) in [5.41, 5.74) is 2.59. The maximum Gasteiger partial charge on any atom is 0.255 e. The van der Waals surface area contributed by atoms with E-state index in [9.17, 15) is 4.79 Å². The molecule has 6 heteroatoms. The van der Waals surface area contributed by atoms with Gasteiger partial charge in [0.25, 0.3) is 5.91 Å². The molecule has 1 fully saturated rings. The summed E-state index contributed by atoms with van der Waals surface area (Å²) in [5, 5.41) is 11.1. The Hall–Kier alpha value is -2.60. The first-order valence-electron chi connectivity index (χ1n) is 9.76. The van der Waals surface area contributed by atoms with Gasteiger partial charge in [0.15, 0.2) is 0 Å². The Morgan fingerprint density at radius 1 is 1.07 bits per heavy atom. The molecule has 0 saturated heterocycles. The number of H-pyrrole nitrogens is 1. The molecule has 28 heavy (non-hydrogen) atoms. The van der Waals surface area contributed by atoms with Crippen LogP contribution in [-0.2, 0) is 12.2 Å². The van der Waals surface area contributed by atoms with Crippen LogP contribution in [0.15, 0.2) is 59.8 Å². The number of carbonyl (C=O) groups excluding carboxylic acids is 1. The van der Waals surface area contributed by atoms with Gasteiger partial charge in [0.1, 0.15) is 5.82 Å². The maximum atomic E-state index is 12.3. The molecule has 5 nitrogen and oxygen atoms in total. The van der Waals surface area contributed by atoms with Crippen LogP contribution in [0.1, 0.15) is 47.4 Å². The lowest BCUT2D eigenvalue weighted by Gasteiger charge is -2.06. The first-order valence-corrected chi connectivity index (χ1v) is 10.7. The van der Waals surface area contributed by atoms with Gasteiger partial charge in [-0.3, -0.25) is 9.89 Å². The minimum absolute atomic E-state index is 0.101. The Kier molecular flexibility index (Phi) is 6.07. The number of thioether (sulfide) groups is 1. The molecule has 0 spiro atoms. The molecule has 3 aromatic rings. The van der Waals surface area contributed by atoms with E-state index in [0.29, 0.717) is 5.56 Å². The average molecular weight is 393 g/mol. The fraction of sp³-hybridized carbons (Fsp3) is 0.318. The zero-order valence-corrected chi connectivity index (χ0v) is 16.5. The van der Waals surface area contributed by atoms with Crippen LogP contribution in [-0.4, -0.2) is 21.1 Å². The second-order valence-electron chi connectivity index (χ2n) is 7.23. The van der Waals surface area contributed by atoms with Gasteiger partial charge in [-0.1, -0.05) is 67.8 Å². The standard InChI is InChI=1S/C22H24N4OS/c27-21(23-19-8-2-1-3-9-19)18-12-10-17(11-13-18)15-28-22-24-20(25-26-22)14-16-6-4-5-7-16/h1-3,8-13,16H,4-7,14-15H2,(H,23,27)(H,24,25,26). The van der Waals surface area contributed by atoms with Crippen molar-refractivity contribution >= 4 is 23.4 Å². The summed E-state index contributed by atoms with van der Waals surface area (Å²) < 4.78 is 0. The van der Waals surface area contributed by atoms with Crippen LogP contribution >= 0.6 is 11.8 Å². The number of rotatable bonds is 7. The fourth-order valence-corrected chi connectivity index (χ4v) is 4.32. The topological polar surface area (TPSA) is 70.7 Å². The summed E-state index contributed by atoms with van der Waals surface area (Å²) in [6.07, 6.45) is 6.33. The summed E-state index contributed by atoms with van der Waals surface area (Å²) >= 11 is 1.62. The third kappa shape index (κ3) is 5.01.